The van der Waals surface area contributed by atoms with Crippen molar-refractivity contribution in [3.63, 3.8) is 0 Å². The van der Waals surface area contributed by atoms with Crippen molar-refractivity contribution < 1.29 is 43.8 Å². The summed E-state index contributed by atoms with van der Waals surface area (Å²) < 4.78 is 0. The van der Waals surface area contributed by atoms with Gasteiger partial charge in [-0.15, -0.1) is 0 Å². The molecule has 6 N–H and O–H groups in total. The second kappa shape index (κ2) is 23.4. The lowest BCUT2D eigenvalue weighted by Gasteiger charge is -2.37. The van der Waals surface area contributed by atoms with E-state index < -0.39 is 95.5 Å². The van der Waals surface area contributed by atoms with Gasteiger partial charge in [0.25, 0.3) is 0 Å². The molecule has 0 spiro atoms. The normalized spacial score (nSPS) is 17.3. The van der Waals surface area contributed by atoms with E-state index in [9.17, 15) is 43.8 Å². The van der Waals surface area contributed by atoms with E-state index in [2.05, 4.69) is 21.3 Å². The molecule has 0 unspecified atom stereocenters. The number of aliphatic hydroxyl groups excluding tert-OH is 1. The molecule has 2 aromatic carbocycles. The fourth-order valence-electron chi connectivity index (χ4n) is 9.55. The van der Waals surface area contributed by atoms with Gasteiger partial charge in [-0.1, -0.05) is 129 Å². The molecule has 0 bridgehead atoms. The van der Waals surface area contributed by atoms with Crippen LogP contribution in [0.1, 0.15) is 118 Å². The molecule has 2 fully saturated rings. The second-order valence-corrected chi connectivity index (χ2v) is 21.1. The summed E-state index contributed by atoms with van der Waals surface area (Å²) >= 11 is 0. The van der Waals surface area contributed by atoms with Crippen molar-refractivity contribution in [2.45, 2.75) is 150 Å². The van der Waals surface area contributed by atoms with Crippen LogP contribution in [0.15, 0.2) is 60.7 Å². The zero-order chi connectivity index (χ0) is 49.0. The maximum Gasteiger partial charge on any atom is 0.312 e. The predicted molar refractivity (Wildman–Crippen MR) is 252 cm³/mol. The SMILES string of the molecule is CC(C)[C@@H](C(=O)N[C@H](C(=O)N[C@@H](CC(=O)N1CCCC1)C(=O)N[C@H](C(=O)N[C@H](CO)CC(C)(C)C)C1(C(=O)O)CCCC1)C(C)(C)C)N(C)C(=O)C(Cc1ccccc1)Cc1ccccc1. The van der Waals surface area contributed by atoms with Crippen LogP contribution in [-0.4, -0.2) is 118 Å². The van der Waals surface area contributed by atoms with E-state index in [1.165, 1.54) is 4.90 Å². The van der Waals surface area contributed by atoms with Crippen LogP contribution in [-0.2, 0) is 46.4 Å². The fourth-order valence-corrected chi connectivity index (χ4v) is 9.55. The van der Waals surface area contributed by atoms with Crippen molar-refractivity contribution in [1.29, 1.82) is 0 Å². The Hall–Kier alpha value is -5.31. The molecule has 15 heteroatoms. The summed E-state index contributed by atoms with van der Waals surface area (Å²) in [6.45, 7) is 15.2. The van der Waals surface area contributed by atoms with Crippen molar-refractivity contribution in [2.24, 2.45) is 28.1 Å². The Balaban J connectivity index is 1.64. The zero-order valence-corrected chi connectivity index (χ0v) is 40.7. The molecule has 5 atom stereocenters. The first kappa shape index (κ1) is 53.3. The quantitative estimate of drug-likeness (QED) is 0.103. The van der Waals surface area contributed by atoms with E-state index in [0.29, 0.717) is 45.2 Å². The summed E-state index contributed by atoms with van der Waals surface area (Å²) in [5.74, 6) is -5.91. The third kappa shape index (κ3) is 14.6. The molecule has 1 heterocycles. The van der Waals surface area contributed by atoms with Crippen LogP contribution in [0.3, 0.4) is 0 Å². The molecule has 66 heavy (non-hydrogen) atoms. The molecule has 1 saturated carbocycles. The van der Waals surface area contributed by atoms with Crippen LogP contribution in [0.2, 0.25) is 0 Å². The number of aliphatic hydroxyl groups is 1. The van der Waals surface area contributed by atoms with Crippen LogP contribution < -0.4 is 21.3 Å². The van der Waals surface area contributed by atoms with Gasteiger partial charge in [-0.3, -0.25) is 33.6 Å². The largest absolute Gasteiger partial charge is 0.481 e. The number of carbonyl (C=O) groups is 7. The van der Waals surface area contributed by atoms with Crippen molar-refractivity contribution in [3.8, 4) is 0 Å². The third-order valence-corrected chi connectivity index (χ3v) is 13.0. The summed E-state index contributed by atoms with van der Waals surface area (Å²) in [7, 11) is 1.60. The molecule has 364 valence electrons. The molecule has 2 aliphatic rings. The van der Waals surface area contributed by atoms with Gasteiger partial charge in [0.15, 0.2) is 0 Å². The van der Waals surface area contributed by atoms with Gasteiger partial charge < -0.3 is 41.3 Å². The molecule has 0 radical (unpaired) electrons. The topological polar surface area (TPSA) is 215 Å². The van der Waals surface area contributed by atoms with Crippen molar-refractivity contribution in [3.05, 3.63) is 71.8 Å². The molecule has 15 nitrogen and oxygen atoms in total. The first-order valence-corrected chi connectivity index (χ1v) is 23.7. The minimum atomic E-state index is -1.69. The minimum Gasteiger partial charge on any atom is -0.481 e. The molecule has 1 aliphatic heterocycles. The van der Waals surface area contributed by atoms with Gasteiger partial charge in [0.2, 0.25) is 35.4 Å². The van der Waals surface area contributed by atoms with Crippen molar-refractivity contribution in [1.82, 2.24) is 31.1 Å². The van der Waals surface area contributed by atoms with Gasteiger partial charge >= 0.3 is 5.97 Å². The van der Waals surface area contributed by atoms with Gasteiger partial charge in [0, 0.05) is 26.1 Å². The standard InChI is InChI=1S/C51H76N6O9/c1-33(2)40(56(9)47(64)36(28-34-20-12-10-13-21-34)29-35-22-14-11-15-23-35)44(61)54-41(50(6,7)8)45(62)53-38(30-39(59)57-26-18-19-27-57)43(60)55-42(51(48(65)66)24-16-17-25-51)46(63)52-37(32-58)31-49(3,4)5/h10-15,20-23,33,36-38,40-42,58H,16-19,24-32H2,1-9H3,(H,52,63)(H,53,62)(H,54,61)(H,55,60)(H,65,66)/t37-,38-,40-,41+,42+/m0/s1. The van der Waals surface area contributed by atoms with Gasteiger partial charge in [-0.25, -0.2) is 0 Å². The number of nitrogens with one attached hydrogen (secondary N) is 4. The average Bonchev–Trinajstić information content (AvgIpc) is 3.98. The number of likely N-dealkylation sites (tertiary alicyclic amines) is 1. The summed E-state index contributed by atoms with van der Waals surface area (Å²) in [5.41, 5.74) is -1.01. The van der Waals surface area contributed by atoms with E-state index in [1.807, 2.05) is 95.3 Å². The molecule has 2 aromatic rings. The number of likely N-dealkylation sites (N-methyl/N-ethyl adjacent to an activating group) is 1. The molecule has 1 saturated heterocycles. The highest BCUT2D eigenvalue weighted by molar-refractivity contribution is 5.99. The lowest BCUT2D eigenvalue weighted by Crippen LogP contribution is -2.64. The van der Waals surface area contributed by atoms with E-state index in [4.69, 9.17) is 0 Å². The Bertz CT molecular complexity index is 1930. The Morgan fingerprint density at radius 3 is 1.70 bits per heavy atom. The molecular formula is C51H76N6O9. The number of hydrogen-bond acceptors (Lipinski definition) is 8. The number of benzene rings is 2. The maximum atomic E-state index is 14.6. The number of nitrogens with zero attached hydrogens (tertiary/aromatic N) is 2. The van der Waals surface area contributed by atoms with Crippen molar-refractivity contribution >= 4 is 41.4 Å². The highest BCUT2D eigenvalue weighted by Crippen LogP contribution is 2.42. The Labute approximate surface area is 391 Å². The molecule has 4 rings (SSSR count). The summed E-state index contributed by atoms with van der Waals surface area (Å²) in [6.07, 6.45) is 3.47. The zero-order valence-electron chi connectivity index (χ0n) is 40.7. The van der Waals surface area contributed by atoms with E-state index in [0.717, 1.165) is 24.0 Å². The molecule has 1 aliphatic carbocycles. The summed E-state index contributed by atoms with van der Waals surface area (Å²) in [6, 6.07) is 13.2. The lowest BCUT2D eigenvalue weighted by molar-refractivity contribution is -0.155. The van der Waals surface area contributed by atoms with Crippen LogP contribution in [0, 0.1) is 28.1 Å². The molecular weight excluding hydrogens is 841 g/mol. The number of carbonyl (C=O) groups excluding carboxylic acids is 6. The molecule has 6 amide bonds. The van der Waals surface area contributed by atoms with Gasteiger partial charge in [0.1, 0.15) is 24.2 Å². The average molecular weight is 917 g/mol. The number of carboxylic acids is 1. The second-order valence-electron chi connectivity index (χ2n) is 21.1. The van der Waals surface area contributed by atoms with E-state index in [1.54, 1.807) is 32.7 Å². The number of aliphatic carboxylic acids is 1. The minimum absolute atomic E-state index is 0.0961. The van der Waals surface area contributed by atoms with Crippen LogP contribution >= 0.6 is 0 Å². The molecule has 0 aromatic heterocycles. The van der Waals surface area contributed by atoms with Crippen LogP contribution in [0.25, 0.3) is 0 Å². The van der Waals surface area contributed by atoms with E-state index >= 15 is 0 Å². The maximum absolute atomic E-state index is 14.6. The highest BCUT2D eigenvalue weighted by Gasteiger charge is 2.53. The number of hydrogen-bond donors (Lipinski definition) is 6. The Morgan fingerprint density at radius 1 is 0.712 bits per heavy atom. The number of carboxylic acid groups (broad SMARTS) is 1. The number of rotatable bonds is 21. The highest BCUT2D eigenvalue weighted by atomic mass is 16.4. The van der Waals surface area contributed by atoms with Gasteiger partial charge in [0.05, 0.1) is 24.5 Å². The van der Waals surface area contributed by atoms with Crippen LogP contribution in [0.4, 0.5) is 0 Å². The summed E-state index contributed by atoms with van der Waals surface area (Å²) in [4.78, 5) is 102. The van der Waals surface area contributed by atoms with Crippen LogP contribution in [0.5, 0.6) is 0 Å². The summed E-state index contributed by atoms with van der Waals surface area (Å²) in [5, 5.41) is 31.9. The van der Waals surface area contributed by atoms with E-state index in [-0.39, 0.29) is 30.1 Å². The first-order chi connectivity index (χ1) is 31.0. The van der Waals surface area contributed by atoms with Crippen molar-refractivity contribution in [2.75, 3.05) is 26.7 Å². The Morgan fingerprint density at radius 2 is 1.24 bits per heavy atom. The lowest BCUT2D eigenvalue weighted by atomic mass is 9.77. The fraction of sp³-hybridized carbons (Fsp3) is 0.627. The third-order valence-electron chi connectivity index (χ3n) is 13.0. The van der Waals surface area contributed by atoms with Gasteiger partial charge in [-0.05, 0) is 72.8 Å². The predicted octanol–water partition coefficient (Wildman–Crippen LogP) is 4.64. The monoisotopic (exact) mass is 917 g/mol. The Kier molecular flexibility index (Phi) is 18.9. The first-order valence-electron chi connectivity index (χ1n) is 23.7. The number of amides is 6. The smallest absolute Gasteiger partial charge is 0.312 e. The van der Waals surface area contributed by atoms with Gasteiger partial charge in [-0.2, -0.15) is 0 Å².